The average molecular weight is 470 g/mol. The Hall–Kier alpha value is -1.73. The molecule has 0 unspecified atom stereocenters. The van der Waals surface area contributed by atoms with E-state index in [-0.39, 0.29) is 11.8 Å². The number of rotatable bonds is 9. The van der Waals surface area contributed by atoms with Gasteiger partial charge in [0.1, 0.15) is 16.5 Å². The lowest BCUT2D eigenvalue weighted by Crippen LogP contribution is -2.41. The van der Waals surface area contributed by atoms with Crippen LogP contribution in [0.1, 0.15) is 81.0 Å². The fraction of sp³-hybridized carbons (Fsp3) is 0.731. The zero-order valence-electron chi connectivity index (χ0n) is 20.4. The molecule has 0 radical (unpaired) electrons. The van der Waals surface area contributed by atoms with Crippen LogP contribution in [0.5, 0.6) is 0 Å². The van der Waals surface area contributed by atoms with E-state index in [1.807, 2.05) is 11.3 Å². The minimum atomic E-state index is 0.131. The average Bonchev–Trinajstić information content (AvgIpc) is 3.64. The molecule has 2 aliphatic carbocycles. The van der Waals surface area contributed by atoms with Gasteiger partial charge >= 0.3 is 0 Å². The molecule has 3 aliphatic rings. The highest BCUT2D eigenvalue weighted by molar-refractivity contribution is 7.19. The lowest BCUT2D eigenvalue weighted by molar-refractivity contribution is -0.125. The van der Waals surface area contributed by atoms with Crippen molar-refractivity contribution in [2.24, 2.45) is 5.92 Å². The summed E-state index contributed by atoms with van der Waals surface area (Å²) in [6.07, 6.45) is 10.3. The standard InChI is InChI=1S/C26H39N5OS/c1-3-30(4-2)15-7-14-27-25(32)19-12-16-31(17-13-19)24-22-20-8-5-6-9-21(20)33-26(22)29-23(28-24)18-10-11-18/h18-19H,3-17H2,1-2H3,(H,27,32). The van der Waals surface area contributed by atoms with Crippen LogP contribution in [0.25, 0.3) is 10.2 Å². The number of hydrogen-bond donors (Lipinski definition) is 1. The number of aromatic nitrogens is 2. The van der Waals surface area contributed by atoms with E-state index >= 15 is 0 Å². The van der Waals surface area contributed by atoms with Crippen LogP contribution < -0.4 is 10.2 Å². The molecule has 1 N–H and O–H groups in total. The van der Waals surface area contributed by atoms with Gasteiger partial charge in [-0.15, -0.1) is 11.3 Å². The fourth-order valence-corrected chi connectivity index (χ4v) is 6.72. The minimum Gasteiger partial charge on any atom is -0.356 e. The molecular weight excluding hydrogens is 430 g/mol. The van der Waals surface area contributed by atoms with E-state index in [4.69, 9.17) is 9.97 Å². The number of carbonyl (C=O) groups is 1. The number of piperidine rings is 1. The zero-order chi connectivity index (χ0) is 22.8. The molecule has 180 valence electrons. The molecule has 1 saturated heterocycles. The SMILES string of the molecule is CCN(CC)CCCNC(=O)C1CCN(c2nc(C3CC3)nc3sc4c(c23)CCCC4)CC1. The Balaban J connectivity index is 1.24. The summed E-state index contributed by atoms with van der Waals surface area (Å²) in [5.41, 5.74) is 1.52. The first-order valence-electron chi connectivity index (χ1n) is 13.2. The quantitative estimate of drug-likeness (QED) is 0.548. The third-order valence-electron chi connectivity index (χ3n) is 7.77. The lowest BCUT2D eigenvalue weighted by Gasteiger charge is -2.33. The van der Waals surface area contributed by atoms with Crippen molar-refractivity contribution >= 4 is 33.3 Å². The van der Waals surface area contributed by atoms with Gasteiger partial charge in [0.25, 0.3) is 0 Å². The number of amides is 1. The summed E-state index contributed by atoms with van der Waals surface area (Å²) in [5, 5.41) is 4.53. The van der Waals surface area contributed by atoms with Crippen LogP contribution in [-0.4, -0.2) is 60.0 Å². The predicted octanol–water partition coefficient (Wildman–Crippen LogP) is 4.51. The van der Waals surface area contributed by atoms with Gasteiger partial charge in [-0.2, -0.15) is 0 Å². The van der Waals surface area contributed by atoms with Gasteiger partial charge < -0.3 is 15.1 Å². The minimum absolute atomic E-state index is 0.131. The summed E-state index contributed by atoms with van der Waals surface area (Å²) in [6, 6.07) is 0. The Morgan fingerprint density at radius 1 is 1.09 bits per heavy atom. The van der Waals surface area contributed by atoms with E-state index in [1.54, 1.807) is 4.88 Å². The highest BCUT2D eigenvalue weighted by Crippen LogP contribution is 2.44. The van der Waals surface area contributed by atoms with Gasteiger partial charge in [0.15, 0.2) is 0 Å². The third-order valence-corrected chi connectivity index (χ3v) is 8.95. The van der Waals surface area contributed by atoms with E-state index in [0.29, 0.717) is 5.92 Å². The molecule has 0 atom stereocenters. The van der Waals surface area contributed by atoms with Gasteiger partial charge in [-0.3, -0.25) is 4.79 Å². The first-order chi connectivity index (χ1) is 16.2. The Morgan fingerprint density at radius 2 is 1.85 bits per heavy atom. The van der Waals surface area contributed by atoms with Crippen molar-refractivity contribution in [2.75, 3.05) is 44.2 Å². The highest BCUT2D eigenvalue weighted by atomic mass is 32.1. The van der Waals surface area contributed by atoms with Crippen LogP contribution in [-0.2, 0) is 17.6 Å². The second-order valence-corrected chi connectivity index (χ2v) is 11.1. The maximum absolute atomic E-state index is 12.8. The topological polar surface area (TPSA) is 61.4 Å². The van der Waals surface area contributed by atoms with Crippen LogP contribution >= 0.6 is 11.3 Å². The third kappa shape index (κ3) is 5.04. The molecule has 2 aromatic rings. The van der Waals surface area contributed by atoms with Crippen molar-refractivity contribution in [3.63, 3.8) is 0 Å². The van der Waals surface area contributed by atoms with Gasteiger partial charge in [0.2, 0.25) is 5.91 Å². The molecule has 0 spiro atoms. The molecule has 1 amide bonds. The largest absolute Gasteiger partial charge is 0.356 e. The van der Waals surface area contributed by atoms with Crippen LogP contribution in [0, 0.1) is 5.92 Å². The monoisotopic (exact) mass is 469 g/mol. The van der Waals surface area contributed by atoms with Crippen molar-refractivity contribution in [2.45, 2.75) is 77.6 Å². The number of fused-ring (bicyclic) bond motifs is 3. The van der Waals surface area contributed by atoms with Gasteiger partial charge in [-0.1, -0.05) is 13.8 Å². The molecular formula is C26H39N5OS. The van der Waals surface area contributed by atoms with Crippen LogP contribution in [0.3, 0.4) is 0 Å². The molecule has 3 heterocycles. The van der Waals surface area contributed by atoms with Crippen molar-refractivity contribution in [1.29, 1.82) is 0 Å². The molecule has 0 bridgehead atoms. The first-order valence-corrected chi connectivity index (χ1v) is 14.1. The number of anilines is 1. The second-order valence-electron chi connectivity index (χ2n) is 10.0. The van der Waals surface area contributed by atoms with E-state index in [2.05, 4.69) is 29.0 Å². The number of thiophene rings is 1. The molecule has 6 nitrogen and oxygen atoms in total. The Morgan fingerprint density at radius 3 is 2.58 bits per heavy atom. The molecule has 2 fully saturated rings. The molecule has 1 aliphatic heterocycles. The summed E-state index contributed by atoms with van der Waals surface area (Å²) in [7, 11) is 0. The Kier molecular flexibility index (Phi) is 7.16. The van der Waals surface area contributed by atoms with Gasteiger partial charge in [-0.05, 0) is 83.0 Å². The van der Waals surface area contributed by atoms with Crippen LogP contribution in [0.4, 0.5) is 5.82 Å². The zero-order valence-corrected chi connectivity index (χ0v) is 21.2. The molecule has 5 rings (SSSR count). The summed E-state index contributed by atoms with van der Waals surface area (Å²) in [4.78, 5) is 30.6. The number of nitrogens with one attached hydrogen (secondary N) is 1. The lowest BCUT2D eigenvalue weighted by atomic mass is 9.94. The van der Waals surface area contributed by atoms with E-state index in [1.165, 1.54) is 60.1 Å². The molecule has 0 aromatic carbocycles. The van der Waals surface area contributed by atoms with E-state index < -0.39 is 0 Å². The summed E-state index contributed by atoms with van der Waals surface area (Å²) in [5.74, 6) is 3.16. The maximum Gasteiger partial charge on any atom is 0.223 e. The van der Waals surface area contributed by atoms with Gasteiger partial charge in [0, 0.05) is 36.3 Å². The summed E-state index contributed by atoms with van der Waals surface area (Å²) in [6.45, 7) is 10.2. The van der Waals surface area contributed by atoms with Gasteiger partial charge in [-0.25, -0.2) is 9.97 Å². The number of hydrogen-bond acceptors (Lipinski definition) is 6. The number of nitrogens with zero attached hydrogens (tertiary/aromatic N) is 4. The van der Waals surface area contributed by atoms with Crippen LogP contribution in [0.2, 0.25) is 0 Å². The number of aryl methyl sites for hydroxylation is 2. The van der Waals surface area contributed by atoms with Crippen molar-refractivity contribution < 1.29 is 4.79 Å². The van der Waals surface area contributed by atoms with Crippen molar-refractivity contribution in [3.05, 3.63) is 16.3 Å². The highest BCUT2D eigenvalue weighted by Gasteiger charge is 2.32. The van der Waals surface area contributed by atoms with Crippen molar-refractivity contribution in [1.82, 2.24) is 20.2 Å². The van der Waals surface area contributed by atoms with Crippen LogP contribution in [0.15, 0.2) is 0 Å². The fourth-order valence-electron chi connectivity index (χ4n) is 5.46. The molecule has 7 heteroatoms. The Bertz CT molecular complexity index is 973. The van der Waals surface area contributed by atoms with E-state index in [9.17, 15) is 4.79 Å². The molecule has 2 aromatic heterocycles. The maximum atomic E-state index is 12.8. The predicted molar refractivity (Wildman–Crippen MR) is 136 cm³/mol. The van der Waals surface area contributed by atoms with E-state index in [0.717, 1.165) is 64.4 Å². The molecule has 33 heavy (non-hydrogen) atoms. The summed E-state index contributed by atoms with van der Waals surface area (Å²) < 4.78 is 0. The smallest absolute Gasteiger partial charge is 0.223 e. The Labute approximate surface area is 202 Å². The number of carbonyl (C=O) groups excluding carboxylic acids is 1. The normalized spacial score (nSPS) is 19.3. The van der Waals surface area contributed by atoms with Gasteiger partial charge in [0.05, 0.1) is 5.39 Å². The molecule has 1 saturated carbocycles. The van der Waals surface area contributed by atoms with Crippen molar-refractivity contribution in [3.8, 4) is 0 Å². The first kappa shape index (κ1) is 23.0. The summed E-state index contributed by atoms with van der Waals surface area (Å²) >= 11 is 1.91. The second kappa shape index (κ2) is 10.3.